The number of amides is 1. The number of carbonyl (C=O) groups is 1. The van der Waals surface area contributed by atoms with E-state index in [1.165, 1.54) is 0 Å². The zero-order chi connectivity index (χ0) is 13.0. The number of carbonyl (C=O) groups excluding carboxylic acids is 1. The Morgan fingerprint density at radius 1 is 1.50 bits per heavy atom. The Balaban J connectivity index is 1.80. The van der Waals surface area contributed by atoms with Crippen LogP contribution in [-0.4, -0.2) is 63.0 Å². The Morgan fingerprint density at radius 2 is 2.28 bits per heavy atom. The van der Waals surface area contributed by atoms with Crippen molar-refractivity contribution in [3.63, 3.8) is 0 Å². The number of ether oxygens (including phenoxy) is 3. The van der Waals surface area contributed by atoms with E-state index in [0.717, 1.165) is 32.7 Å². The zero-order valence-corrected chi connectivity index (χ0v) is 11.3. The maximum absolute atomic E-state index is 11.7. The summed E-state index contributed by atoms with van der Waals surface area (Å²) in [4.78, 5) is 13.5. The number of rotatable bonds is 6. The van der Waals surface area contributed by atoms with E-state index in [-0.39, 0.29) is 18.1 Å². The molecular formula is C13H23NO4. The fourth-order valence-corrected chi connectivity index (χ4v) is 2.90. The highest BCUT2D eigenvalue weighted by Gasteiger charge is 2.53. The van der Waals surface area contributed by atoms with Crippen molar-refractivity contribution in [3.05, 3.63) is 0 Å². The number of methoxy groups -OCH3 is 1. The first-order valence-electron chi connectivity index (χ1n) is 6.70. The average molecular weight is 257 g/mol. The molecule has 5 heteroatoms. The van der Waals surface area contributed by atoms with Gasteiger partial charge in [-0.05, 0) is 25.7 Å². The van der Waals surface area contributed by atoms with Crippen LogP contribution < -0.4 is 0 Å². The predicted octanol–water partition coefficient (Wildman–Crippen LogP) is 0.677. The minimum absolute atomic E-state index is 0.0576. The van der Waals surface area contributed by atoms with Crippen molar-refractivity contribution in [1.29, 1.82) is 0 Å². The van der Waals surface area contributed by atoms with Crippen molar-refractivity contribution in [3.8, 4) is 0 Å². The second kappa shape index (κ2) is 5.99. The number of hydrogen-bond donors (Lipinski definition) is 0. The zero-order valence-electron chi connectivity index (χ0n) is 11.3. The molecule has 0 aromatic heterocycles. The fraction of sp³-hybridized carbons (Fsp3) is 0.923. The van der Waals surface area contributed by atoms with E-state index in [1.807, 2.05) is 11.8 Å². The third-order valence-corrected chi connectivity index (χ3v) is 3.95. The van der Waals surface area contributed by atoms with Crippen LogP contribution in [0.3, 0.4) is 0 Å². The minimum atomic E-state index is -0.0967. The van der Waals surface area contributed by atoms with Crippen molar-refractivity contribution in [2.24, 2.45) is 5.92 Å². The minimum Gasteiger partial charge on any atom is -0.382 e. The third kappa shape index (κ3) is 2.68. The molecule has 0 aliphatic carbocycles. The second-order valence-electron chi connectivity index (χ2n) is 5.07. The molecule has 2 aliphatic rings. The summed E-state index contributed by atoms with van der Waals surface area (Å²) in [5.74, 6) is 0.581. The summed E-state index contributed by atoms with van der Waals surface area (Å²) < 4.78 is 16.2. The Labute approximate surface area is 108 Å². The van der Waals surface area contributed by atoms with Gasteiger partial charge in [-0.15, -0.1) is 0 Å². The van der Waals surface area contributed by atoms with Crippen LogP contribution in [0.4, 0.5) is 0 Å². The van der Waals surface area contributed by atoms with E-state index in [9.17, 15) is 4.79 Å². The van der Waals surface area contributed by atoms with Gasteiger partial charge in [-0.25, -0.2) is 0 Å². The number of likely N-dealkylation sites (tertiary alicyclic amines) is 1. The molecule has 0 bridgehead atoms. The lowest BCUT2D eigenvalue weighted by atomic mass is 9.79. The summed E-state index contributed by atoms with van der Waals surface area (Å²) >= 11 is 0. The van der Waals surface area contributed by atoms with Gasteiger partial charge in [0.15, 0.2) is 0 Å². The van der Waals surface area contributed by atoms with Crippen LogP contribution in [0.5, 0.6) is 0 Å². The summed E-state index contributed by atoms with van der Waals surface area (Å²) in [5.41, 5.74) is -0.0967. The van der Waals surface area contributed by atoms with E-state index >= 15 is 0 Å². The molecule has 1 atom stereocenters. The van der Waals surface area contributed by atoms with Gasteiger partial charge in [-0.1, -0.05) is 0 Å². The van der Waals surface area contributed by atoms with E-state index in [4.69, 9.17) is 14.2 Å². The van der Waals surface area contributed by atoms with Gasteiger partial charge in [0.1, 0.15) is 12.2 Å². The van der Waals surface area contributed by atoms with Gasteiger partial charge in [0, 0.05) is 26.9 Å². The first-order valence-corrected chi connectivity index (χ1v) is 6.70. The van der Waals surface area contributed by atoms with E-state index in [2.05, 4.69) is 0 Å². The normalized spacial score (nSPS) is 25.4. The Hall–Kier alpha value is -0.650. The van der Waals surface area contributed by atoms with Crippen molar-refractivity contribution in [1.82, 2.24) is 4.90 Å². The van der Waals surface area contributed by atoms with Crippen molar-refractivity contribution in [2.75, 3.05) is 46.6 Å². The van der Waals surface area contributed by atoms with Gasteiger partial charge in [-0.2, -0.15) is 0 Å². The maximum atomic E-state index is 11.7. The molecule has 0 N–H and O–H groups in total. The molecule has 0 saturated carbocycles. The molecule has 104 valence electrons. The lowest BCUT2D eigenvalue weighted by Crippen LogP contribution is -2.66. The molecule has 2 heterocycles. The van der Waals surface area contributed by atoms with Crippen LogP contribution in [0, 0.1) is 5.92 Å². The highest BCUT2D eigenvalue weighted by molar-refractivity contribution is 5.78. The van der Waals surface area contributed by atoms with Crippen LogP contribution in [0.25, 0.3) is 0 Å². The lowest BCUT2D eigenvalue weighted by Gasteiger charge is -2.50. The molecule has 2 saturated heterocycles. The average Bonchev–Trinajstić information content (AvgIpc) is 2.71. The van der Waals surface area contributed by atoms with Gasteiger partial charge in [0.25, 0.3) is 0 Å². The molecular weight excluding hydrogens is 234 g/mol. The van der Waals surface area contributed by atoms with E-state index < -0.39 is 0 Å². The molecule has 0 aromatic rings. The fourth-order valence-electron chi connectivity index (χ4n) is 2.90. The molecule has 2 aliphatic heterocycles. The molecule has 1 amide bonds. The lowest BCUT2D eigenvalue weighted by molar-refractivity contribution is -0.169. The molecule has 5 nitrogen and oxygen atoms in total. The topological polar surface area (TPSA) is 48.0 Å². The molecule has 18 heavy (non-hydrogen) atoms. The largest absolute Gasteiger partial charge is 0.382 e. The monoisotopic (exact) mass is 257 g/mol. The molecule has 0 aromatic carbocycles. The number of nitrogens with zero attached hydrogens (tertiary/aromatic N) is 1. The summed E-state index contributed by atoms with van der Waals surface area (Å²) in [6, 6.07) is 0. The van der Waals surface area contributed by atoms with Gasteiger partial charge < -0.3 is 19.1 Å². The first kappa shape index (κ1) is 13.8. The van der Waals surface area contributed by atoms with E-state index in [1.54, 1.807) is 7.11 Å². The first-order chi connectivity index (χ1) is 8.72. The van der Waals surface area contributed by atoms with E-state index in [0.29, 0.717) is 19.0 Å². The second-order valence-corrected chi connectivity index (χ2v) is 5.07. The Morgan fingerprint density at radius 3 is 2.94 bits per heavy atom. The van der Waals surface area contributed by atoms with Gasteiger partial charge in [0.2, 0.25) is 5.91 Å². The van der Waals surface area contributed by atoms with Gasteiger partial charge in [-0.3, -0.25) is 4.79 Å². The van der Waals surface area contributed by atoms with Gasteiger partial charge >= 0.3 is 0 Å². The van der Waals surface area contributed by atoms with Crippen LogP contribution in [0.2, 0.25) is 0 Å². The predicted molar refractivity (Wildman–Crippen MR) is 66.4 cm³/mol. The van der Waals surface area contributed by atoms with Crippen LogP contribution in [0.15, 0.2) is 0 Å². The maximum Gasteiger partial charge on any atom is 0.248 e. The molecule has 2 rings (SSSR count). The molecule has 0 unspecified atom stereocenters. The standard InChI is InChI=1S/C13H23NO4/c1-3-17-6-4-11-5-7-18-13(11)9-14(10-13)12(15)8-16-2/h11H,3-10H2,1-2H3/t11-/m0/s1. The Bertz CT molecular complexity index is 289. The highest BCUT2D eigenvalue weighted by atomic mass is 16.5. The SMILES string of the molecule is CCOCC[C@H]1CCOC12CN(C(=O)COC)C2. The molecule has 1 spiro atoms. The molecule has 0 radical (unpaired) electrons. The quantitative estimate of drug-likeness (QED) is 0.656. The smallest absolute Gasteiger partial charge is 0.248 e. The van der Waals surface area contributed by atoms with Gasteiger partial charge in [0.05, 0.1) is 13.1 Å². The highest BCUT2D eigenvalue weighted by Crippen LogP contribution is 2.41. The van der Waals surface area contributed by atoms with Crippen LogP contribution in [0.1, 0.15) is 19.8 Å². The molecule has 2 fully saturated rings. The number of hydrogen-bond acceptors (Lipinski definition) is 4. The van der Waals surface area contributed by atoms with Crippen molar-refractivity contribution < 1.29 is 19.0 Å². The van der Waals surface area contributed by atoms with Crippen molar-refractivity contribution in [2.45, 2.75) is 25.4 Å². The summed E-state index contributed by atoms with van der Waals surface area (Å²) in [5, 5.41) is 0. The van der Waals surface area contributed by atoms with Crippen molar-refractivity contribution >= 4 is 5.91 Å². The summed E-state index contributed by atoms with van der Waals surface area (Å²) in [7, 11) is 1.55. The van der Waals surface area contributed by atoms with Crippen LogP contribution in [-0.2, 0) is 19.0 Å². The van der Waals surface area contributed by atoms with Crippen LogP contribution >= 0.6 is 0 Å². The Kier molecular flexibility index (Phi) is 4.59. The third-order valence-electron chi connectivity index (χ3n) is 3.95. The summed E-state index contributed by atoms with van der Waals surface area (Å²) in [6.07, 6.45) is 2.11. The summed E-state index contributed by atoms with van der Waals surface area (Å²) in [6.45, 7) is 5.97.